The van der Waals surface area contributed by atoms with Crippen molar-refractivity contribution in [1.29, 1.82) is 0 Å². The van der Waals surface area contributed by atoms with Crippen LogP contribution in [0.1, 0.15) is 5.69 Å². The fraction of sp³-hybridized carbons (Fsp3) is 0.500. The summed E-state index contributed by atoms with van der Waals surface area (Å²) >= 11 is 1.69. The average Bonchev–Trinajstić information content (AvgIpc) is 2.69. The summed E-state index contributed by atoms with van der Waals surface area (Å²) in [5.41, 5.74) is 6.37. The second kappa shape index (κ2) is 3.62. The molecule has 6 heteroatoms. The molecule has 1 aromatic rings. The lowest BCUT2D eigenvalue weighted by molar-refractivity contribution is -0.138. The Hall–Kier alpha value is -1.01. The quantitative estimate of drug-likeness (QED) is 0.735. The van der Waals surface area contributed by atoms with Crippen LogP contribution in [0.2, 0.25) is 0 Å². The third-order valence-corrected chi connectivity index (χ3v) is 3.16. The van der Waals surface area contributed by atoms with Gasteiger partial charge in [0.05, 0.1) is 0 Å². The van der Waals surface area contributed by atoms with Crippen LogP contribution in [0.4, 0.5) is 0 Å². The Balaban J connectivity index is 2.14. The molecule has 3 N–H and O–H groups in total. The molecule has 1 aliphatic heterocycles. The maximum atomic E-state index is 10.6. The van der Waals surface area contributed by atoms with Gasteiger partial charge in [0.2, 0.25) is 0 Å². The molecule has 1 aromatic heterocycles. The summed E-state index contributed by atoms with van der Waals surface area (Å²) in [7, 11) is 0. The van der Waals surface area contributed by atoms with Gasteiger partial charge in [-0.2, -0.15) is 0 Å². The van der Waals surface area contributed by atoms with E-state index in [2.05, 4.69) is 4.98 Å². The number of nitrogens with zero attached hydrogens (tertiary/aromatic N) is 2. The molecule has 1 aliphatic rings. The molecule has 1 unspecified atom stereocenters. The van der Waals surface area contributed by atoms with Crippen LogP contribution < -0.4 is 5.73 Å². The number of hydrogen-bond donors (Lipinski definition) is 2. The summed E-state index contributed by atoms with van der Waals surface area (Å²) in [4.78, 5) is 14.8. The van der Waals surface area contributed by atoms with E-state index in [9.17, 15) is 4.79 Å². The predicted octanol–water partition coefficient (Wildman–Crippen LogP) is -0.0568. The van der Waals surface area contributed by atoms with Crippen molar-refractivity contribution in [2.24, 2.45) is 5.73 Å². The van der Waals surface area contributed by atoms with Gasteiger partial charge >= 0.3 is 5.97 Å². The van der Waals surface area contributed by atoms with Gasteiger partial charge in [0.1, 0.15) is 6.04 Å². The highest BCUT2D eigenvalue weighted by Crippen LogP contribution is 2.25. The fourth-order valence-corrected chi connectivity index (χ4v) is 2.40. The minimum Gasteiger partial charge on any atom is -0.480 e. The first-order chi connectivity index (χ1) is 6.68. The number of nitrogens with two attached hydrogens (primary N) is 1. The van der Waals surface area contributed by atoms with E-state index in [4.69, 9.17) is 10.8 Å². The Bertz CT molecular complexity index is 363. The minimum absolute atomic E-state index is 0.350. The lowest BCUT2D eigenvalue weighted by Crippen LogP contribution is -2.33. The van der Waals surface area contributed by atoms with E-state index in [-0.39, 0.29) is 0 Å². The predicted molar refractivity (Wildman–Crippen MR) is 52.3 cm³/mol. The molecule has 0 aliphatic carbocycles. The van der Waals surface area contributed by atoms with Gasteiger partial charge in [0.25, 0.3) is 0 Å². The van der Waals surface area contributed by atoms with Gasteiger partial charge in [-0.15, -0.1) is 0 Å². The third kappa shape index (κ3) is 1.62. The van der Waals surface area contributed by atoms with Crippen LogP contribution in [-0.2, 0) is 17.8 Å². The van der Waals surface area contributed by atoms with Gasteiger partial charge in [-0.05, 0) is 0 Å². The van der Waals surface area contributed by atoms with E-state index >= 15 is 0 Å². The maximum absolute atomic E-state index is 10.6. The fourth-order valence-electron chi connectivity index (χ4n) is 1.45. The number of carboxylic acid groups (broad SMARTS) is 1. The highest BCUT2D eigenvalue weighted by Gasteiger charge is 2.20. The Morgan fingerprint density at radius 1 is 1.86 bits per heavy atom. The molecule has 14 heavy (non-hydrogen) atoms. The van der Waals surface area contributed by atoms with Gasteiger partial charge in [-0.1, -0.05) is 11.8 Å². The maximum Gasteiger partial charge on any atom is 0.320 e. The van der Waals surface area contributed by atoms with Crippen LogP contribution in [0.15, 0.2) is 11.4 Å². The molecular formula is C8H11N3O2S. The number of aliphatic carboxylic acids is 1. The molecular weight excluding hydrogens is 202 g/mol. The standard InChI is InChI=1S/C8H11N3O2S/c9-6(7(12)13)3-5-4-10-8-11(5)1-2-14-8/h4,6H,1-3,9H2,(H,12,13). The number of aromatic nitrogens is 2. The van der Waals surface area contributed by atoms with Crippen LogP contribution in [0, 0.1) is 0 Å². The van der Waals surface area contributed by atoms with Crippen LogP contribution in [0.25, 0.3) is 0 Å². The normalized spacial score (nSPS) is 16.6. The van der Waals surface area contributed by atoms with Crippen LogP contribution in [-0.4, -0.2) is 32.4 Å². The number of fused-ring (bicyclic) bond motifs is 1. The zero-order valence-electron chi connectivity index (χ0n) is 7.51. The zero-order chi connectivity index (χ0) is 10.1. The monoisotopic (exact) mass is 213 g/mol. The second-order valence-electron chi connectivity index (χ2n) is 3.18. The third-order valence-electron chi connectivity index (χ3n) is 2.19. The molecule has 0 saturated heterocycles. The van der Waals surface area contributed by atoms with Gasteiger partial charge in [0, 0.05) is 30.6 Å². The highest BCUT2D eigenvalue weighted by atomic mass is 32.2. The van der Waals surface area contributed by atoms with Crippen molar-refractivity contribution in [2.45, 2.75) is 24.2 Å². The molecule has 0 fully saturated rings. The molecule has 76 valence electrons. The van der Waals surface area contributed by atoms with E-state index in [0.29, 0.717) is 6.42 Å². The number of hydrogen-bond acceptors (Lipinski definition) is 4. The van der Waals surface area contributed by atoms with Gasteiger partial charge in [0.15, 0.2) is 5.16 Å². The van der Waals surface area contributed by atoms with Gasteiger partial charge < -0.3 is 15.4 Å². The summed E-state index contributed by atoms with van der Waals surface area (Å²) < 4.78 is 2.04. The first kappa shape index (κ1) is 9.54. The second-order valence-corrected chi connectivity index (χ2v) is 4.24. The molecule has 2 rings (SSSR count). The highest BCUT2D eigenvalue weighted by molar-refractivity contribution is 7.99. The number of carbonyl (C=O) groups is 1. The topological polar surface area (TPSA) is 81.1 Å². The molecule has 0 radical (unpaired) electrons. The lowest BCUT2D eigenvalue weighted by atomic mass is 10.2. The Labute approximate surface area is 85.3 Å². The lowest BCUT2D eigenvalue weighted by Gasteiger charge is -2.07. The van der Waals surface area contributed by atoms with E-state index in [1.807, 2.05) is 4.57 Å². The van der Waals surface area contributed by atoms with E-state index < -0.39 is 12.0 Å². The molecule has 0 spiro atoms. The first-order valence-corrected chi connectivity index (χ1v) is 5.32. The van der Waals surface area contributed by atoms with Crippen LogP contribution in [0.5, 0.6) is 0 Å². The van der Waals surface area contributed by atoms with Crippen molar-refractivity contribution < 1.29 is 9.90 Å². The first-order valence-electron chi connectivity index (χ1n) is 4.34. The zero-order valence-corrected chi connectivity index (χ0v) is 8.33. The number of carboxylic acids is 1. The van der Waals surface area contributed by atoms with Crippen molar-refractivity contribution in [3.05, 3.63) is 11.9 Å². The van der Waals surface area contributed by atoms with Crippen molar-refractivity contribution in [3.8, 4) is 0 Å². The number of thioether (sulfide) groups is 1. The molecule has 5 nitrogen and oxygen atoms in total. The molecule has 2 heterocycles. The molecule has 0 saturated carbocycles. The van der Waals surface area contributed by atoms with Crippen molar-refractivity contribution in [3.63, 3.8) is 0 Å². The summed E-state index contributed by atoms with van der Waals surface area (Å²) in [6.07, 6.45) is 2.06. The molecule has 1 atom stereocenters. The number of rotatable bonds is 3. The number of imidazole rings is 1. The Morgan fingerprint density at radius 3 is 3.36 bits per heavy atom. The summed E-state index contributed by atoms with van der Waals surface area (Å²) in [6, 6.07) is -0.832. The Kier molecular flexibility index (Phi) is 2.47. The van der Waals surface area contributed by atoms with Crippen molar-refractivity contribution in [2.75, 3.05) is 5.75 Å². The summed E-state index contributed by atoms with van der Waals surface area (Å²) in [5.74, 6) is 0.0459. The summed E-state index contributed by atoms with van der Waals surface area (Å²) in [5, 5.41) is 9.64. The molecule has 0 bridgehead atoms. The van der Waals surface area contributed by atoms with Crippen LogP contribution >= 0.6 is 11.8 Å². The minimum atomic E-state index is -0.966. The molecule has 0 aromatic carbocycles. The van der Waals surface area contributed by atoms with E-state index in [1.165, 1.54) is 0 Å². The Morgan fingerprint density at radius 2 is 2.64 bits per heavy atom. The average molecular weight is 213 g/mol. The SMILES string of the molecule is NC(Cc1cnc2n1CCS2)C(=O)O. The van der Waals surface area contributed by atoms with Crippen molar-refractivity contribution in [1.82, 2.24) is 9.55 Å². The van der Waals surface area contributed by atoms with Crippen molar-refractivity contribution >= 4 is 17.7 Å². The largest absolute Gasteiger partial charge is 0.480 e. The van der Waals surface area contributed by atoms with Gasteiger partial charge in [-0.3, -0.25) is 4.79 Å². The molecule has 0 amide bonds. The van der Waals surface area contributed by atoms with E-state index in [0.717, 1.165) is 23.1 Å². The van der Waals surface area contributed by atoms with Crippen LogP contribution in [0.3, 0.4) is 0 Å². The smallest absolute Gasteiger partial charge is 0.320 e. The summed E-state index contributed by atoms with van der Waals surface area (Å²) in [6.45, 7) is 0.904. The van der Waals surface area contributed by atoms with E-state index in [1.54, 1.807) is 18.0 Å². The van der Waals surface area contributed by atoms with Gasteiger partial charge in [-0.25, -0.2) is 4.98 Å².